The van der Waals surface area contributed by atoms with Gasteiger partial charge in [0.2, 0.25) is 0 Å². The van der Waals surface area contributed by atoms with E-state index < -0.39 is 10.0 Å². The molecule has 0 aromatic heterocycles. The first kappa shape index (κ1) is 16.8. The van der Waals surface area contributed by atoms with Crippen LogP contribution in [-0.4, -0.2) is 13.5 Å². The van der Waals surface area contributed by atoms with E-state index in [1.807, 2.05) is 22.6 Å². The number of sulfonamides is 1. The van der Waals surface area contributed by atoms with Crippen molar-refractivity contribution < 1.29 is 13.5 Å². The molecule has 0 atom stereocenters. The molecule has 0 radical (unpaired) electrons. The highest BCUT2D eigenvalue weighted by Crippen LogP contribution is 2.30. The smallest absolute Gasteiger partial charge is 0.263 e. The number of anilines is 1. The third-order valence-corrected chi connectivity index (χ3v) is 5.80. The zero-order chi connectivity index (χ0) is 15.6. The van der Waals surface area contributed by atoms with Gasteiger partial charge in [0.25, 0.3) is 10.0 Å². The lowest BCUT2D eigenvalue weighted by Gasteiger charge is -2.12. The first-order valence-corrected chi connectivity index (χ1v) is 9.03. The Morgan fingerprint density at radius 1 is 1.14 bits per heavy atom. The zero-order valence-corrected chi connectivity index (χ0v) is 15.0. The van der Waals surface area contributed by atoms with E-state index in [2.05, 4.69) is 4.72 Å². The van der Waals surface area contributed by atoms with Crippen LogP contribution in [0.1, 0.15) is 5.56 Å². The van der Waals surface area contributed by atoms with Crippen molar-refractivity contribution >= 4 is 61.5 Å². The van der Waals surface area contributed by atoms with Crippen molar-refractivity contribution in [2.45, 2.75) is 11.5 Å². The first-order chi connectivity index (χ1) is 9.85. The highest BCUT2D eigenvalue weighted by atomic mass is 127. The molecular weight excluding hydrogens is 448 g/mol. The van der Waals surface area contributed by atoms with Gasteiger partial charge in [0, 0.05) is 8.59 Å². The molecule has 0 saturated heterocycles. The Labute approximate surface area is 146 Å². The molecule has 21 heavy (non-hydrogen) atoms. The molecule has 112 valence electrons. The Balaban J connectivity index is 2.47. The predicted octanol–water partition coefficient (Wildman–Crippen LogP) is 3.89. The molecule has 0 spiro atoms. The zero-order valence-electron chi connectivity index (χ0n) is 10.5. The molecular formula is C13H10Cl2INO3S. The number of rotatable bonds is 4. The van der Waals surface area contributed by atoms with Crippen LogP contribution in [0.5, 0.6) is 0 Å². The summed E-state index contributed by atoms with van der Waals surface area (Å²) >= 11 is 13.9. The molecule has 0 aliphatic carbocycles. The number of hydrogen-bond acceptors (Lipinski definition) is 3. The second-order valence-corrected chi connectivity index (χ2v) is 7.74. The van der Waals surface area contributed by atoms with Crippen LogP contribution in [0.2, 0.25) is 10.0 Å². The monoisotopic (exact) mass is 457 g/mol. The van der Waals surface area contributed by atoms with Crippen LogP contribution in [-0.2, 0) is 16.6 Å². The van der Waals surface area contributed by atoms with E-state index in [0.29, 0.717) is 11.3 Å². The minimum Gasteiger partial charge on any atom is -0.392 e. The molecule has 2 N–H and O–H groups in total. The second kappa shape index (κ2) is 6.70. The molecule has 0 saturated carbocycles. The Bertz CT molecular complexity index is 781. The molecule has 2 aromatic carbocycles. The lowest BCUT2D eigenvalue weighted by atomic mass is 10.2. The van der Waals surface area contributed by atoms with Gasteiger partial charge in [0.1, 0.15) is 4.90 Å². The highest BCUT2D eigenvalue weighted by Gasteiger charge is 2.21. The summed E-state index contributed by atoms with van der Waals surface area (Å²) in [5, 5.41) is 9.40. The fourth-order valence-corrected chi connectivity index (χ4v) is 4.29. The normalized spacial score (nSPS) is 11.4. The largest absolute Gasteiger partial charge is 0.392 e. The Kier molecular flexibility index (Phi) is 5.37. The highest BCUT2D eigenvalue weighted by molar-refractivity contribution is 14.1. The maximum absolute atomic E-state index is 12.4. The average molecular weight is 458 g/mol. The SMILES string of the molecule is O=S(=O)(Nc1ccccc1I)c1cc(CO)c(Cl)cc1Cl. The molecule has 0 unspecified atom stereocenters. The van der Waals surface area contributed by atoms with Gasteiger partial charge in [-0.15, -0.1) is 0 Å². The van der Waals surface area contributed by atoms with E-state index in [1.54, 1.807) is 24.3 Å². The Hall–Kier alpha value is -0.540. The van der Waals surface area contributed by atoms with Crippen molar-refractivity contribution in [3.63, 3.8) is 0 Å². The minimum atomic E-state index is -3.87. The summed E-state index contributed by atoms with van der Waals surface area (Å²) in [6.07, 6.45) is 0. The van der Waals surface area contributed by atoms with E-state index in [-0.39, 0.29) is 21.5 Å². The van der Waals surface area contributed by atoms with Gasteiger partial charge in [-0.3, -0.25) is 4.72 Å². The summed E-state index contributed by atoms with van der Waals surface area (Å²) in [5.41, 5.74) is 0.749. The van der Waals surface area contributed by atoms with Crippen molar-refractivity contribution in [3.05, 3.63) is 55.6 Å². The maximum atomic E-state index is 12.4. The Morgan fingerprint density at radius 3 is 2.43 bits per heavy atom. The average Bonchev–Trinajstić information content (AvgIpc) is 2.41. The number of aliphatic hydroxyl groups is 1. The van der Waals surface area contributed by atoms with Gasteiger partial charge in [0.05, 0.1) is 17.3 Å². The summed E-state index contributed by atoms with van der Waals surface area (Å²) in [5.74, 6) is 0. The van der Waals surface area contributed by atoms with Crippen LogP contribution in [0.3, 0.4) is 0 Å². The molecule has 4 nitrogen and oxygen atoms in total. The lowest BCUT2D eigenvalue weighted by molar-refractivity contribution is 0.281. The first-order valence-electron chi connectivity index (χ1n) is 5.71. The van der Waals surface area contributed by atoms with E-state index >= 15 is 0 Å². The van der Waals surface area contributed by atoms with E-state index in [0.717, 1.165) is 3.57 Å². The van der Waals surface area contributed by atoms with Crippen LogP contribution in [0, 0.1) is 3.57 Å². The van der Waals surface area contributed by atoms with Gasteiger partial charge in [0.15, 0.2) is 0 Å². The second-order valence-electron chi connectivity index (χ2n) is 4.12. The molecule has 0 heterocycles. The summed E-state index contributed by atoms with van der Waals surface area (Å²) in [7, 11) is -3.87. The van der Waals surface area contributed by atoms with E-state index in [9.17, 15) is 13.5 Å². The summed E-state index contributed by atoms with van der Waals surface area (Å²) in [4.78, 5) is -0.128. The number of nitrogens with one attached hydrogen (secondary N) is 1. The topological polar surface area (TPSA) is 66.4 Å². The van der Waals surface area contributed by atoms with Gasteiger partial charge in [-0.1, -0.05) is 35.3 Å². The van der Waals surface area contributed by atoms with Crippen LogP contribution in [0.4, 0.5) is 5.69 Å². The molecule has 0 aliphatic heterocycles. The summed E-state index contributed by atoms with van der Waals surface area (Å²) in [6.45, 7) is -0.374. The standard InChI is InChI=1S/C13H10Cl2INO3S/c14-9-6-10(15)13(5-8(9)7-18)21(19,20)17-12-4-2-1-3-11(12)16/h1-6,17-18H,7H2. The van der Waals surface area contributed by atoms with Crippen LogP contribution in [0.25, 0.3) is 0 Å². The van der Waals surface area contributed by atoms with Gasteiger partial charge in [-0.2, -0.15) is 0 Å². The van der Waals surface area contributed by atoms with Crippen molar-refractivity contribution in [2.24, 2.45) is 0 Å². The fraction of sp³-hybridized carbons (Fsp3) is 0.0769. The number of hydrogen-bond donors (Lipinski definition) is 2. The quantitative estimate of drug-likeness (QED) is 0.684. The van der Waals surface area contributed by atoms with Gasteiger partial charge in [-0.25, -0.2) is 8.42 Å². The molecule has 0 fully saturated rings. The molecule has 2 aromatic rings. The van der Waals surface area contributed by atoms with E-state index in [4.69, 9.17) is 23.2 Å². The minimum absolute atomic E-state index is 0.00404. The number of benzene rings is 2. The molecule has 0 bridgehead atoms. The Morgan fingerprint density at radius 2 is 1.81 bits per heavy atom. The third kappa shape index (κ3) is 3.81. The number of halogens is 3. The molecule has 0 aliphatic rings. The van der Waals surface area contributed by atoms with E-state index in [1.165, 1.54) is 12.1 Å². The van der Waals surface area contributed by atoms with Crippen LogP contribution < -0.4 is 4.72 Å². The number of aliphatic hydroxyl groups excluding tert-OH is 1. The van der Waals surface area contributed by atoms with Crippen molar-refractivity contribution in [1.82, 2.24) is 0 Å². The summed E-state index contributed by atoms with van der Waals surface area (Å²) < 4.78 is 28.1. The fourth-order valence-electron chi connectivity index (χ4n) is 1.64. The van der Waals surface area contributed by atoms with Crippen LogP contribution in [0.15, 0.2) is 41.3 Å². The molecule has 2 rings (SSSR count). The van der Waals surface area contributed by atoms with Crippen molar-refractivity contribution in [1.29, 1.82) is 0 Å². The van der Waals surface area contributed by atoms with Gasteiger partial charge >= 0.3 is 0 Å². The third-order valence-electron chi connectivity index (χ3n) is 2.68. The van der Waals surface area contributed by atoms with Crippen molar-refractivity contribution in [3.8, 4) is 0 Å². The number of para-hydroxylation sites is 1. The van der Waals surface area contributed by atoms with Gasteiger partial charge < -0.3 is 5.11 Å². The molecule has 8 heteroatoms. The van der Waals surface area contributed by atoms with Gasteiger partial charge in [-0.05, 0) is 52.4 Å². The summed E-state index contributed by atoms with van der Waals surface area (Å²) in [6, 6.07) is 9.53. The lowest BCUT2D eigenvalue weighted by Crippen LogP contribution is -2.14. The maximum Gasteiger partial charge on any atom is 0.263 e. The van der Waals surface area contributed by atoms with Crippen LogP contribution >= 0.6 is 45.8 Å². The van der Waals surface area contributed by atoms with Crippen molar-refractivity contribution in [2.75, 3.05) is 4.72 Å². The predicted molar refractivity (Wildman–Crippen MR) is 92.4 cm³/mol. The molecule has 0 amide bonds.